The van der Waals surface area contributed by atoms with Gasteiger partial charge in [0.05, 0.1) is 24.8 Å². The molecule has 0 saturated carbocycles. The summed E-state index contributed by atoms with van der Waals surface area (Å²) in [4.78, 5) is 49.4. The van der Waals surface area contributed by atoms with E-state index in [-0.39, 0.29) is 23.6 Å². The van der Waals surface area contributed by atoms with Crippen molar-refractivity contribution >= 4 is 35.3 Å². The highest BCUT2D eigenvalue weighted by Gasteiger charge is 2.37. The van der Waals surface area contributed by atoms with Crippen LogP contribution in [0.2, 0.25) is 0 Å². The van der Waals surface area contributed by atoms with E-state index < -0.39 is 22.8 Å². The minimum Gasteiger partial charge on any atom is -0.493 e. The SMILES string of the molecule is COc1cc(/C=C2/C(=O)NC(=O)N(c3ccc([N+](=O)[O-])cc3)C2=O)ccc1OCc1ccc(OCc2ccccc2)c(OC)c1. The number of nitrogens with zero attached hydrogens (tertiary/aromatic N) is 2. The molecular formula is C33H27N3O9. The Hall–Kier alpha value is -6.17. The molecule has 1 heterocycles. The first-order valence-electron chi connectivity index (χ1n) is 13.6. The van der Waals surface area contributed by atoms with Crippen LogP contribution in [0, 0.1) is 10.1 Å². The maximum absolute atomic E-state index is 13.2. The average molecular weight is 610 g/mol. The summed E-state index contributed by atoms with van der Waals surface area (Å²) in [6, 6.07) is 23.9. The summed E-state index contributed by atoms with van der Waals surface area (Å²) in [7, 11) is 3.01. The number of ether oxygens (including phenoxy) is 4. The lowest BCUT2D eigenvalue weighted by Crippen LogP contribution is -2.54. The van der Waals surface area contributed by atoms with Crippen molar-refractivity contribution < 1.29 is 38.3 Å². The molecule has 1 saturated heterocycles. The molecule has 0 bridgehead atoms. The third kappa shape index (κ3) is 6.91. The van der Waals surface area contributed by atoms with Crippen LogP contribution in [0.5, 0.6) is 23.0 Å². The smallest absolute Gasteiger partial charge is 0.335 e. The molecule has 1 N–H and O–H groups in total. The van der Waals surface area contributed by atoms with E-state index in [0.29, 0.717) is 35.2 Å². The van der Waals surface area contributed by atoms with Crippen molar-refractivity contribution in [3.63, 3.8) is 0 Å². The van der Waals surface area contributed by atoms with Crippen molar-refractivity contribution in [3.8, 4) is 23.0 Å². The number of rotatable bonds is 11. The molecule has 0 atom stereocenters. The number of benzene rings is 4. The zero-order valence-corrected chi connectivity index (χ0v) is 24.2. The molecule has 4 aromatic carbocycles. The zero-order chi connectivity index (χ0) is 31.9. The predicted molar refractivity (Wildman–Crippen MR) is 163 cm³/mol. The first-order chi connectivity index (χ1) is 21.8. The van der Waals surface area contributed by atoms with Gasteiger partial charge in [0.15, 0.2) is 23.0 Å². The molecule has 4 aromatic rings. The lowest BCUT2D eigenvalue weighted by Gasteiger charge is -2.26. The number of hydrogen-bond donors (Lipinski definition) is 1. The number of non-ortho nitro benzene ring substituents is 1. The fourth-order valence-corrected chi connectivity index (χ4v) is 4.49. The number of carbonyl (C=O) groups is 3. The van der Waals surface area contributed by atoms with E-state index in [1.165, 1.54) is 25.3 Å². The van der Waals surface area contributed by atoms with Gasteiger partial charge in [-0.3, -0.25) is 25.0 Å². The van der Waals surface area contributed by atoms with Gasteiger partial charge in [0.2, 0.25) is 0 Å². The second-order valence-corrected chi connectivity index (χ2v) is 9.69. The first kappa shape index (κ1) is 30.3. The number of amides is 4. The van der Waals surface area contributed by atoms with E-state index >= 15 is 0 Å². The fraction of sp³-hybridized carbons (Fsp3) is 0.121. The summed E-state index contributed by atoms with van der Waals surface area (Å²) in [5.41, 5.74) is 1.81. The Morgan fingerprint density at radius 2 is 1.38 bits per heavy atom. The summed E-state index contributed by atoms with van der Waals surface area (Å²) in [6.07, 6.45) is 1.31. The molecule has 0 radical (unpaired) electrons. The highest BCUT2D eigenvalue weighted by atomic mass is 16.6. The number of barbiturate groups is 1. The normalized spacial score (nSPS) is 13.8. The van der Waals surface area contributed by atoms with Gasteiger partial charge in [-0.1, -0.05) is 42.5 Å². The molecule has 45 heavy (non-hydrogen) atoms. The second-order valence-electron chi connectivity index (χ2n) is 9.69. The van der Waals surface area contributed by atoms with Crippen molar-refractivity contribution in [2.75, 3.05) is 19.1 Å². The second kappa shape index (κ2) is 13.4. The van der Waals surface area contributed by atoms with Crippen molar-refractivity contribution in [1.29, 1.82) is 0 Å². The number of nitrogens with one attached hydrogen (secondary N) is 1. The molecule has 4 amide bonds. The topological polar surface area (TPSA) is 147 Å². The van der Waals surface area contributed by atoms with Crippen LogP contribution in [0.3, 0.4) is 0 Å². The lowest BCUT2D eigenvalue weighted by atomic mass is 10.1. The van der Waals surface area contributed by atoms with Crippen LogP contribution >= 0.6 is 0 Å². The number of hydrogen-bond acceptors (Lipinski definition) is 9. The van der Waals surface area contributed by atoms with Crippen LogP contribution in [0.25, 0.3) is 6.08 Å². The summed E-state index contributed by atoms with van der Waals surface area (Å²) in [5, 5.41) is 13.1. The molecule has 0 aliphatic carbocycles. The minimum absolute atomic E-state index is 0.0650. The summed E-state index contributed by atoms with van der Waals surface area (Å²) in [5.74, 6) is 0.124. The maximum atomic E-state index is 13.2. The maximum Gasteiger partial charge on any atom is 0.335 e. The van der Waals surface area contributed by atoms with E-state index in [1.807, 2.05) is 48.5 Å². The average Bonchev–Trinajstić information content (AvgIpc) is 3.05. The number of carbonyl (C=O) groups excluding carboxylic acids is 3. The molecule has 12 heteroatoms. The van der Waals surface area contributed by atoms with Gasteiger partial charge < -0.3 is 18.9 Å². The Morgan fingerprint density at radius 1 is 0.756 bits per heavy atom. The van der Waals surface area contributed by atoms with E-state index in [1.54, 1.807) is 25.3 Å². The Bertz CT molecular complexity index is 1790. The zero-order valence-electron chi connectivity index (χ0n) is 24.2. The molecule has 1 aliphatic heterocycles. The van der Waals surface area contributed by atoms with Crippen LogP contribution in [0.1, 0.15) is 16.7 Å². The molecule has 0 unspecified atom stereocenters. The highest BCUT2D eigenvalue weighted by molar-refractivity contribution is 6.39. The predicted octanol–water partition coefficient (Wildman–Crippen LogP) is 5.44. The quantitative estimate of drug-likeness (QED) is 0.102. The van der Waals surface area contributed by atoms with Crippen LogP contribution in [-0.4, -0.2) is 37.0 Å². The van der Waals surface area contributed by atoms with Gasteiger partial charge in [-0.05, 0) is 59.2 Å². The van der Waals surface area contributed by atoms with E-state index in [9.17, 15) is 24.5 Å². The Morgan fingerprint density at radius 3 is 2.02 bits per heavy atom. The van der Waals surface area contributed by atoms with E-state index in [4.69, 9.17) is 18.9 Å². The Balaban J connectivity index is 1.30. The van der Waals surface area contributed by atoms with Crippen LogP contribution in [0.15, 0.2) is 96.6 Å². The standard InChI is InChI=1S/C33H27N3O9/c1-42-29-17-22(16-26-31(37)34-33(39)35(32(26)38)24-10-12-25(13-11-24)36(40)41)8-14-27(29)45-20-23-9-15-28(30(18-23)43-2)44-19-21-6-4-3-5-7-21/h3-18H,19-20H2,1-2H3,(H,34,37,39)/b26-16-. The monoisotopic (exact) mass is 609 g/mol. The van der Waals surface area contributed by atoms with Crippen molar-refractivity contribution in [3.05, 3.63) is 123 Å². The van der Waals surface area contributed by atoms with Crippen LogP contribution in [-0.2, 0) is 22.8 Å². The molecule has 0 spiro atoms. The van der Waals surface area contributed by atoms with Crippen molar-refractivity contribution in [2.24, 2.45) is 0 Å². The minimum atomic E-state index is -0.968. The summed E-state index contributed by atoms with van der Waals surface area (Å²) >= 11 is 0. The molecule has 1 aliphatic rings. The van der Waals surface area contributed by atoms with Gasteiger partial charge in [0.25, 0.3) is 17.5 Å². The number of methoxy groups -OCH3 is 2. The molecule has 0 aromatic heterocycles. The first-order valence-corrected chi connectivity index (χ1v) is 13.6. The third-order valence-corrected chi connectivity index (χ3v) is 6.78. The number of anilines is 1. The largest absolute Gasteiger partial charge is 0.493 e. The van der Waals surface area contributed by atoms with Crippen LogP contribution in [0.4, 0.5) is 16.2 Å². The highest BCUT2D eigenvalue weighted by Crippen LogP contribution is 2.33. The lowest BCUT2D eigenvalue weighted by molar-refractivity contribution is -0.384. The van der Waals surface area contributed by atoms with Crippen molar-refractivity contribution in [2.45, 2.75) is 13.2 Å². The number of imide groups is 2. The Labute approximate surface area is 257 Å². The number of urea groups is 1. The van der Waals surface area contributed by atoms with Gasteiger partial charge in [-0.2, -0.15) is 0 Å². The van der Waals surface area contributed by atoms with Gasteiger partial charge in [0, 0.05) is 12.1 Å². The van der Waals surface area contributed by atoms with Gasteiger partial charge in [-0.25, -0.2) is 9.69 Å². The summed E-state index contributed by atoms with van der Waals surface area (Å²) < 4.78 is 22.9. The number of nitro groups is 1. The molecule has 228 valence electrons. The molecule has 12 nitrogen and oxygen atoms in total. The molecule has 1 fully saturated rings. The molecular weight excluding hydrogens is 582 g/mol. The third-order valence-electron chi connectivity index (χ3n) is 6.78. The van der Waals surface area contributed by atoms with E-state index in [0.717, 1.165) is 28.2 Å². The summed E-state index contributed by atoms with van der Waals surface area (Å²) in [6.45, 7) is 0.574. The van der Waals surface area contributed by atoms with Crippen molar-refractivity contribution in [1.82, 2.24) is 5.32 Å². The van der Waals surface area contributed by atoms with Gasteiger partial charge >= 0.3 is 6.03 Å². The Kier molecular flexibility index (Phi) is 9.04. The van der Waals surface area contributed by atoms with Gasteiger partial charge in [0.1, 0.15) is 18.8 Å². The van der Waals surface area contributed by atoms with Crippen LogP contribution < -0.4 is 29.2 Å². The fourth-order valence-electron chi connectivity index (χ4n) is 4.49. The van der Waals surface area contributed by atoms with E-state index in [2.05, 4.69) is 5.32 Å². The van der Waals surface area contributed by atoms with Gasteiger partial charge in [-0.15, -0.1) is 0 Å². The number of nitro benzene ring substituents is 1. The molecule has 5 rings (SSSR count).